The fourth-order valence-corrected chi connectivity index (χ4v) is 3.64. The molecule has 0 saturated carbocycles. The molecule has 0 atom stereocenters. The molecule has 0 fully saturated rings. The van der Waals surface area contributed by atoms with Gasteiger partial charge in [-0.25, -0.2) is 13.4 Å². The number of aromatic nitrogens is 5. The van der Waals surface area contributed by atoms with Crippen LogP contribution in [0.2, 0.25) is 0 Å². The number of nitrogens with zero attached hydrogens (tertiary/aromatic N) is 6. The quantitative estimate of drug-likeness (QED) is 0.242. The van der Waals surface area contributed by atoms with Crippen molar-refractivity contribution in [2.45, 2.75) is 44.5 Å². The monoisotopic (exact) mass is 560 g/mol. The fraction of sp³-hybridized carbons (Fsp3) is 0.450. The van der Waals surface area contributed by atoms with Gasteiger partial charge in [-0.2, -0.15) is 40.2 Å². The first-order chi connectivity index (χ1) is 16.7. The molecular formula is C20H20F8N6O2S. The predicted octanol–water partition coefficient (Wildman–Crippen LogP) is 4.42. The number of aryl methyl sites for hydroxylation is 1. The first-order valence-electron chi connectivity index (χ1n) is 10.1. The molecule has 0 amide bonds. The summed E-state index contributed by atoms with van der Waals surface area (Å²) in [4.78, 5) is 7.34. The van der Waals surface area contributed by atoms with Gasteiger partial charge in [0.2, 0.25) is 0 Å². The van der Waals surface area contributed by atoms with E-state index in [0.717, 1.165) is 6.20 Å². The van der Waals surface area contributed by atoms with E-state index in [4.69, 9.17) is 0 Å². The van der Waals surface area contributed by atoms with Gasteiger partial charge in [0.1, 0.15) is 12.0 Å². The highest BCUT2D eigenvalue weighted by molar-refractivity contribution is 7.95. The molecule has 0 aliphatic rings. The summed E-state index contributed by atoms with van der Waals surface area (Å²) < 4.78 is 136. The second-order valence-electron chi connectivity index (χ2n) is 7.75. The van der Waals surface area contributed by atoms with Crippen molar-refractivity contribution in [2.75, 3.05) is 5.75 Å². The van der Waals surface area contributed by atoms with Gasteiger partial charge >= 0.3 is 23.7 Å². The Morgan fingerprint density at radius 1 is 1.08 bits per heavy atom. The molecule has 2 heterocycles. The van der Waals surface area contributed by atoms with Gasteiger partial charge in [-0.1, -0.05) is 13.5 Å². The third-order valence-corrected chi connectivity index (χ3v) is 6.73. The Balaban J connectivity index is 2.50. The number of halogens is 8. The van der Waals surface area contributed by atoms with E-state index in [1.54, 1.807) is 7.05 Å². The SMILES string of the molecule is C=C(/C(=C\N=C(C)c1ncn(C)n1)S(=O)(=O)CC)c1ccc(C(F)(F)C(F)(F)C(F)(F)C(C)(F)F)nn1. The van der Waals surface area contributed by atoms with Crippen molar-refractivity contribution < 1.29 is 43.5 Å². The maximum atomic E-state index is 14.2. The maximum Gasteiger partial charge on any atom is 0.384 e. The van der Waals surface area contributed by atoms with E-state index in [-0.39, 0.29) is 17.6 Å². The lowest BCUT2D eigenvalue weighted by molar-refractivity contribution is -0.367. The van der Waals surface area contributed by atoms with Crippen molar-refractivity contribution in [2.24, 2.45) is 12.0 Å². The van der Waals surface area contributed by atoms with E-state index in [2.05, 4.69) is 31.9 Å². The third kappa shape index (κ3) is 5.55. The minimum absolute atomic E-state index is 0.119. The van der Waals surface area contributed by atoms with E-state index >= 15 is 0 Å². The molecule has 0 aromatic carbocycles. The van der Waals surface area contributed by atoms with E-state index in [9.17, 15) is 43.5 Å². The van der Waals surface area contributed by atoms with Gasteiger partial charge in [-0.05, 0) is 19.1 Å². The Labute approximate surface area is 205 Å². The molecular weight excluding hydrogens is 540 g/mol. The fourth-order valence-electron chi connectivity index (χ4n) is 2.64. The Kier molecular flexibility index (Phi) is 8.03. The van der Waals surface area contributed by atoms with Crippen molar-refractivity contribution >= 4 is 21.1 Å². The first-order valence-corrected chi connectivity index (χ1v) is 11.7. The molecule has 0 unspecified atom stereocenters. The van der Waals surface area contributed by atoms with Gasteiger partial charge in [0.15, 0.2) is 15.7 Å². The summed E-state index contributed by atoms with van der Waals surface area (Å²) in [6.07, 6.45) is 2.21. The Morgan fingerprint density at radius 2 is 1.68 bits per heavy atom. The van der Waals surface area contributed by atoms with Crippen LogP contribution in [-0.2, 0) is 22.8 Å². The molecule has 0 radical (unpaired) electrons. The van der Waals surface area contributed by atoms with Gasteiger partial charge in [0, 0.05) is 25.7 Å². The van der Waals surface area contributed by atoms with Crippen molar-refractivity contribution in [3.8, 4) is 0 Å². The van der Waals surface area contributed by atoms with Crippen LogP contribution in [0.4, 0.5) is 35.1 Å². The smallest absolute Gasteiger partial charge is 0.256 e. The molecule has 204 valence electrons. The Bertz CT molecular complexity index is 1330. The average Bonchev–Trinajstić information content (AvgIpc) is 3.24. The Hall–Kier alpha value is -3.24. The molecule has 2 rings (SSSR count). The minimum atomic E-state index is -6.56. The number of sulfone groups is 1. The molecule has 8 nitrogen and oxygen atoms in total. The van der Waals surface area contributed by atoms with Crippen LogP contribution in [0.1, 0.15) is 38.0 Å². The van der Waals surface area contributed by atoms with E-state index in [0.29, 0.717) is 6.07 Å². The second kappa shape index (κ2) is 9.90. The lowest BCUT2D eigenvalue weighted by atomic mass is 9.97. The predicted molar refractivity (Wildman–Crippen MR) is 116 cm³/mol. The van der Waals surface area contributed by atoms with E-state index in [1.807, 2.05) is 0 Å². The highest BCUT2D eigenvalue weighted by Gasteiger charge is 2.80. The van der Waals surface area contributed by atoms with Crippen LogP contribution in [0.3, 0.4) is 0 Å². The van der Waals surface area contributed by atoms with Crippen LogP contribution in [0, 0.1) is 0 Å². The largest absolute Gasteiger partial charge is 0.384 e. The van der Waals surface area contributed by atoms with Crippen molar-refractivity contribution in [3.05, 3.63) is 53.4 Å². The summed E-state index contributed by atoms with van der Waals surface area (Å²) in [6, 6.07) is 0.667. The number of aliphatic imine (C=N–C) groups is 1. The molecule has 0 aliphatic carbocycles. The molecule has 2 aromatic rings. The van der Waals surface area contributed by atoms with Crippen LogP contribution < -0.4 is 0 Å². The number of hydrogen-bond donors (Lipinski definition) is 0. The second-order valence-corrected chi connectivity index (χ2v) is 9.99. The Morgan fingerprint density at radius 3 is 2.11 bits per heavy atom. The van der Waals surface area contributed by atoms with Crippen LogP contribution >= 0.6 is 0 Å². The van der Waals surface area contributed by atoms with Crippen LogP contribution in [0.25, 0.3) is 5.57 Å². The van der Waals surface area contributed by atoms with Crippen molar-refractivity contribution in [1.29, 1.82) is 0 Å². The molecule has 0 aliphatic heterocycles. The highest BCUT2D eigenvalue weighted by Crippen LogP contribution is 2.55. The summed E-state index contributed by atoms with van der Waals surface area (Å²) >= 11 is 0. The summed E-state index contributed by atoms with van der Waals surface area (Å²) in [6.45, 7) is 5.59. The van der Waals surface area contributed by atoms with Crippen LogP contribution in [0.5, 0.6) is 0 Å². The van der Waals surface area contributed by atoms with Crippen LogP contribution in [-0.4, -0.2) is 62.6 Å². The molecule has 0 N–H and O–H groups in total. The summed E-state index contributed by atoms with van der Waals surface area (Å²) in [5.41, 5.74) is -2.86. The first kappa shape index (κ1) is 30.0. The van der Waals surface area contributed by atoms with Crippen LogP contribution in [0.15, 0.2) is 41.1 Å². The standard InChI is InChI=1S/C20H20F8N6O2S/c1-6-37(35,36)14(9-29-12(3)16-30-10-34(5)33-16)11(2)13-7-8-15(32-31-13)18(23,24)20(27,28)19(25,26)17(4,21)22/h7-10H,2,6H2,1,3-5H3/b14-9+,29-12?. The van der Waals surface area contributed by atoms with E-state index in [1.165, 1.54) is 24.9 Å². The van der Waals surface area contributed by atoms with Gasteiger partial charge in [0.05, 0.1) is 22.1 Å². The molecule has 37 heavy (non-hydrogen) atoms. The van der Waals surface area contributed by atoms with Crippen molar-refractivity contribution in [1.82, 2.24) is 25.0 Å². The molecule has 17 heteroatoms. The average molecular weight is 560 g/mol. The number of allylic oxidation sites excluding steroid dienone is 1. The highest BCUT2D eigenvalue weighted by atomic mass is 32.2. The number of rotatable bonds is 10. The zero-order valence-corrected chi connectivity index (χ0v) is 20.5. The minimum Gasteiger partial charge on any atom is -0.256 e. The third-order valence-electron chi connectivity index (χ3n) is 4.95. The number of hydrogen-bond acceptors (Lipinski definition) is 7. The van der Waals surface area contributed by atoms with Gasteiger partial charge < -0.3 is 0 Å². The van der Waals surface area contributed by atoms with Gasteiger partial charge in [-0.3, -0.25) is 9.67 Å². The number of alkyl halides is 8. The lowest BCUT2D eigenvalue weighted by Gasteiger charge is -2.34. The van der Waals surface area contributed by atoms with Crippen molar-refractivity contribution in [3.63, 3.8) is 0 Å². The lowest BCUT2D eigenvalue weighted by Crippen LogP contribution is -2.60. The summed E-state index contributed by atoms with van der Waals surface area (Å²) in [5, 5.41) is 9.93. The molecule has 0 saturated heterocycles. The normalized spacial score (nSPS) is 14.7. The van der Waals surface area contributed by atoms with E-state index < -0.39 is 68.1 Å². The maximum absolute atomic E-state index is 14.2. The topological polar surface area (TPSA) is 103 Å². The molecule has 2 aromatic heterocycles. The molecule has 0 spiro atoms. The van der Waals surface area contributed by atoms with Gasteiger partial charge in [-0.15, -0.1) is 10.2 Å². The summed E-state index contributed by atoms with van der Waals surface area (Å²) in [7, 11) is -2.51. The molecule has 0 bridgehead atoms. The zero-order chi connectivity index (χ0) is 28.6. The summed E-state index contributed by atoms with van der Waals surface area (Å²) in [5.74, 6) is -24.7. The zero-order valence-electron chi connectivity index (χ0n) is 19.7. The van der Waals surface area contributed by atoms with Gasteiger partial charge in [0.25, 0.3) is 0 Å².